The van der Waals surface area contributed by atoms with Crippen molar-refractivity contribution in [2.75, 3.05) is 38.5 Å². The molecule has 0 radical (unpaired) electrons. The molecule has 0 aromatic carbocycles. The minimum Gasteiger partial charge on any atom is -0.478 e. The minimum absolute atomic E-state index is 0.000956. The Kier molecular flexibility index (Phi) is 8.12. The lowest BCUT2D eigenvalue weighted by Gasteiger charge is -2.32. The Hall–Kier alpha value is -4.58. The molecule has 1 aliphatic heterocycles. The fraction of sp³-hybridized carbons (Fsp3) is 0.308. The maximum atomic E-state index is 12.9. The highest BCUT2D eigenvalue weighted by Crippen LogP contribution is 2.24. The molecule has 2 N–H and O–H groups in total. The normalized spacial score (nSPS) is 13.7. The fourth-order valence-electron chi connectivity index (χ4n) is 3.62. The van der Waals surface area contributed by atoms with Crippen LogP contribution in [-0.4, -0.2) is 87.0 Å². The van der Waals surface area contributed by atoms with Gasteiger partial charge in [-0.05, 0) is 39.1 Å². The predicted octanol–water partition coefficient (Wildman–Crippen LogP) is 2.79. The van der Waals surface area contributed by atoms with E-state index in [0.29, 0.717) is 18.7 Å². The highest BCUT2D eigenvalue weighted by Gasteiger charge is 2.21. The number of hydrogen-bond acceptors (Lipinski definition) is 9. The first-order chi connectivity index (χ1) is 18.2. The smallest absolute Gasteiger partial charge is 0.337 e. The lowest BCUT2D eigenvalue weighted by molar-refractivity contribution is 0.0661. The van der Waals surface area contributed by atoms with Crippen LogP contribution in [0.1, 0.15) is 44.9 Å². The topological polar surface area (TPSA) is 147 Å². The number of ether oxygens (including phenoxy) is 2. The second-order valence-electron chi connectivity index (χ2n) is 8.97. The van der Waals surface area contributed by atoms with Crippen molar-refractivity contribution in [2.45, 2.75) is 20.0 Å². The molecule has 12 heteroatoms. The van der Waals surface area contributed by atoms with E-state index in [9.17, 15) is 14.4 Å². The van der Waals surface area contributed by atoms with Crippen LogP contribution in [-0.2, 0) is 0 Å². The van der Waals surface area contributed by atoms with E-state index in [0.717, 1.165) is 19.3 Å². The summed E-state index contributed by atoms with van der Waals surface area (Å²) in [5.41, 5.74) is 0.629. The minimum atomic E-state index is -1.12. The van der Waals surface area contributed by atoms with E-state index in [-0.39, 0.29) is 46.6 Å². The van der Waals surface area contributed by atoms with Gasteiger partial charge < -0.3 is 29.7 Å². The second-order valence-corrected chi connectivity index (χ2v) is 8.97. The SMILES string of the molecule is CC(C)Oc1cc(C(=O)Nc2ccc(C(=O)O)cn2)cc(Oc2ccc(C(=O)N3CCN(C)CC3)cn2)n1. The Balaban J connectivity index is 1.49. The molecule has 0 bridgehead atoms. The maximum absolute atomic E-state index is 12.9. The van der Waals surface area contributed by atoms with E-state index >= 15 is 0 Å². The van der Waals surface area contributed by atoms with Crippen molar-refractivity contribution >= 4 is 23.6 Å². The summed E-state index contributed by atoms with van der Waals surface area (Å²) in [6.45, 7) is 6.59. The summed E-state index contributed by atoms with van der Waals surface area (Å²) in [4.78, 5) is 53.1. The summed E-state index contributed by atoms with van der Waals surface area (Å²) < 4.78 is 11.5. The standard InChI is InChI=1S/C26H28N6O6/c1-16(2)37-22-12-19(24(33)29-20-6-4-18(15-27-20)26(35)36)13-23(30-22)38-21-7-5-17(14-28-21)25(34)32-10-8-31(3)9-11-32/h4-7,12-16H,8-11H2,1-3H3,(H,35,36)(H,27,29,33). The average Bonchev–Trinajstić information content (AvgIpc) is 2.89. The zero-order chi connectivity index (χ0) is 27.2. The molecule has 12 nitrogen and oxygen atoms in total. The molecular formula is C26H28N6O6. The number of aromatic carboxylic acids is 1. The molecule has 0 unspecified atom stereocenters. The van der Waals surface area contributed by atoms with Gasteiger partial charge in [0.1, 0.15) is 5.82 Å². The molecule has 0 aliphatic carbocycles. The molecule has 198 valence electrons. The largest absolute Gasteiger partial charge is 0.478 e. The highest BCUT2D eigenvalue weighted by molar-refractivity contribution is 6.04. The summed E-state index contributed by atoms with van der Waals surface area (Å²) in [5, 5.41) is 11.6. The fourth-order valence-corrected chi connectivity index (χ4v) is 3.62. The zero-order valence-electron chi connectivity index (χ0n) is 21.2. The first-order valence-electron chi connectivity index (χ1n) is 12.0. The number of nitrogens with one attached hydrogen (secondary N) is 1. The third kappa shape index (κ3) is 6.79. The molecule has 4 heterocycles. The lowest BCUT2D eigenvalue weighted by Crippen LogP contribution is -2.47. The van der Waals surface area contributed by atoms with Crippen LogP contribution in [0.15, 0.2) is 48.8 Å². The predicted molar refractivity (Wildman–Crippen MR) is 137 cm³/mol. The van der Waals surface area contributed by atoms with E-state index in [1.807, 2.05) is 20.9 Å². The van der Waals surface area contributed by atoms with E-state index < -0.39 is 11.9 Å². The number of rotatable bonds is 8. The summed E-state index contributed by atoms with van der Waals surface area (Å²) in [7, 11) is 2.02. The van der Waals surface area contributed by atoms with Gasteiger partial charge in [0.2, 0.25) is 17.6 Å². The summed E-state index contributed by atoms with van der Waals surface area (Å²) in [5.74, 6) is -1.15. The van der Waals surface area contributed by atoms with Gasteiger partial charge in [-0.25, -0.2) is 14.8 Å². The third-order valence-corrected chi connectivity index (χ3v) is 5.63. The molecule has 3 aromatic heterocycles. The molecule has 0 saturated carbocycles. The average molecular weight is 521 g/mol. The van der Waals surface area contributed by atoms with Crippen LogP contribution in [0.2, 0.25) is 0 Å². The van der Waals surface area contributed by atoms with Gasteiger partial charge in [0, 0.05) is 56.8 Å². The highest BCUT2D eigenvalue weighted by atomic mass is 16.5. The van der Waals surface area contributed by atoms with Crippen LogP contribution < -0.4 is 14.8 Å². The number of carbonyl (C=O) groups excluding carboxylic acids is 2. The molecule has 3 aromatic rings. The van der Waals surface area contributed by atoms with Gasteiger partial charge in [0.05, 0.1) is 22.8 Å². The molecule has 4 rings (SSSR count). The van der Waals surface area contributed by atoms with Gasteiger partial charge in [0.15, 0.2) is 0 Å². The van der Waals surface area contributed by atoms with Gasteiger partial charge in [-0.1, -0.05) is 0 Å². The van der Waals surface area contributed by atoms with Crippen molar-refractivity contribution in [2.24, 2.45) is 0 Å². The maximum Gasteiger partial charge on any atom is 0.337 e. The van der Waals surface area contributed by atoms with Gasteiger partial charge in [-0.2, -0.15) is 4.98 Å². The summed E-state index contributed by atoms with van der Waals surface area (Å²) in [6.07, 6.45) is 2.39. The lowest BCUT2D eigenvalue weighted by atomic mass is 10.2. The molecule has 1 aliphatic rings. The molecule has 1 fully saturated rings. The molecule has 2 amide bonds. The Morgan fingerprint density at radius 1 is 0.895 bits per heavy atom. The number of carbonyl (C=O) groups is 3. The van der Waals surface area contributed by atoms with Gasteiger partial charge in [-0.3, -0.25) is 9.59 Å². The van der Waals surface area contributed by atoms with E-state index in [1.54, 1.807) is 17.0 Å². The zero-order valence-corrected chi connectivity index (χ0v) is 21.2. The van der Waals surface area contributed by atoms with E-state index in [1.165, 1.54) is 30.5 Å². The Morgan fingerprint density at radius 2 is 1.58 bits per heavy atom. The number of piperazine rings is 1. The van der Waals surface area contributed by atoms with Crippen molar-refractivity contribution in [3.63, 3.8) is 0 Å². The van der Waals surface area contributed by atoms with Crippen LogP contribution in [0.3, 0.4) is 0 Å². The van der Waals surface area contributed by atoms with Crippen molar-refractivity contribution in [3.8, 4) is 17.6 Å². The molecule has 1 saturated heterocycles. The summed E-state index contributed by atoms with van der Waals surface area (Å²) >= 11 is 0. The Labute approximate surface area is 219 Å². The number of hydrogen-bond donors (Lipinski definition) is 2. The van der Waals surface area contributed by atoms with Crippen molar-refractivity contribution < 1.29 is 29.0 Å². The number of likely N-dealkylation sites (N-methyl/N-ethyl adjacent to an activating group) is 1. The van der Waals surface area contributed by atoms with Crippen molar-refractivity contribution in [1.82, 2.24) is 24.8 Å². The van der Waals surface area contributed by atoms with Crippen LogP contribution in [0.4, 0.5) is 5.82 Å². The second kappa shape index (κ2) is 11.6. The monoisotopic (exact) mass is 520 g/mol. The van der Waals surface area contributed by atoms with Gasteiger partial charge in [-0.15, -0.1) is 0 Å². The molecule has 0 spiro atoms. The van der Waals surface area contributed by atoms with E-state index in [2.05, 4.69) is 25.2 Å². The van der Waals surface area contributed by atoms with Crippen molar-refractivity contribution in [3.05, 3.63) is 65.5 Å². The number of amides is 2. The Bertz CT molecular complexity index is 1300. The first-order valence-corrected chi connectivity index (χ1v) is 12.0. The first kappa shape index (κ1) is 26.5. The van der Waals surface area contributed by atoms with Crippen LogP contribution in [0.25, 0.3) is 0 Å². The summed E-state index contributed by atoms with van der Waals surface area (Å²) in [6, 6.07) is 8.80. The number of pyridine rings is 3. The van der Waals surface area contributed by atoms with Crippen LogP contribution >= 0.6 is 0 Å². The Morgan fingerprint density at radius 3 is 2.18 bits per heavy atom. The quantitative estimate of drug-likeness (QED) is 0.454. The molecule has 38 heavy (non-hydrogen) atoms. The molecular weight excluding hydrogens is 492 g/mol. The molecule has 0 atom stereocenters. The van der Waals surface area contributed by atoms with Crippen molar-refractivity contribution in [1.29, 1.82) is 0 Å². The third-order valence-electron chi connectivity index (χ3n) is 5.63. The van der Waals surface area contributed by atoms with Gasteiger partial charge in [0.25, 0.3) is 11.8 Å². The number of aromatic nitrogens is 3. The number of carboxylic acids is 1. The van der Waals surface area contributed by atoms with Crippen LogP contribution in [0.5, 0.6) is 17.6 Å². The van der Waals surface area contributed by atoms with Crippen LogP contribution in [0, 0.1) is 0 Å². The van der Waals surface area contributed by atoms with E-state index in [4.69, 9.17) is 14.6 Å². The van der Waals surface area contributed by atoms with Gasteiger partial charge >= 0.3 is 5.97 Å². The number of anilines is 1. The number of carboxylic acid groups (broad SMARTS) is 1. The number of nitrogens with zero attached hydrogens (tertiary/aromatic N) is 5.